The highest BCUT2D eigenvalue weighted by Gasteiger charge is 2.37. The number of carbonyl (C=O) groups excluding carboxylic acids is 4. The van der Waals surface area contributed by atoms with E-state index in [0.29, 0.717) is 26.0 Å². The monoisotopic (exact) mass is 822 g/mol. The number of hydrogen-bond acceptors (Lipinski definition) is 9. The molecular weight excluding hydrogens is 743 g/mol. The summed E-state index contributed by atoms with van der Waals surface area (Å²) >= 11 is 0. The molecule has 59 heavy (non-hydrogen) atoms. The molecule has 1 N–H and O–H groups in total. The van der Waals surface area contributed by atoms with E-state index in [2.05, 4.69) is 109 Å². The van der Waals surface area contributed by atoms with Crippen molar-refractivity contribution in [3.63, 3.8) is 0 Å². The second-order valence-corrected chi connectivity index (χ2v) is 17.1. The topological polar surface area (TPSA) is 109 Å². The Labute approximate surface area is 357 Å². The van der Waals surface area contributed by atoms with Gasteiger partial charge in [0.15, 0.2) is 0 Å². The number of piperidine rings is 1. The van der Waals surface area contributed by atoms with E-state index in [1.54, 1.807) is 11.9 Å². The smallest absolute Gasteiger partial charge is 0.293 e. The molecule has 2 aromatic rings. The molecule has 3 amide bonds. The van der Waals surface area contributed by atoms with Crippen LogP contribution in [0.4, 0.5) is 5.69 Å². The van der Waals surface area contributed by atoms with Gasteiger partial charge in [0.05, 0.1) is 12.6 Å². The Morgan fingerprint density at radius 1 is 0.746 bits per heavy atom. The molecule has 4 aliphatic heterocycles. The maximum Gasteiger partial charge on any atom is 0.293 e. The van der Waals surface area contributed by atoms with Crippen molar-refractivity contribution in [2.75, 3.05) is 98.0 Å². The van der Waals surface area contributed by atoms with Gasteiger partial charge in [-0.1, -0.05) is 89.6 Å². The number of likely N-dealkylation sites (N-methyl/N-ethyl adjacent to an activating group) is 2. The highest BCUT2D eigenvalue weighted by Crippen LogP contribution is 2.24. The van der Waals surface area contributed by atoms with Gasteiger partial charge in [0.1, 0.15) is 6.61 Å². The number of carbonyl (C=O) groups is 4. The van der Waals surface area contributed by atoms with E-state index in [1.165, 1.54) is 51.1 Å². The molecule has 4 heterocycles. The average Bonchev–Trinajstić information content (AvgIpc) is 3.96. The first-order chi connectivity index (χ1) is 28.4. The van der Waals surface area contributed by atoms with Crippen LogP contribution >= 0.6 is 0 Å². The third-order valence-electron chi connectivity index (χ3n) is 10.9. The Bertz CT molecular complexity index is 1390. The molecule has 0 saturated carbocycles. The molecule has 0 bridgehead atoms. The first-order valence-electron chi connectivity index (χ1n) is 22.1. The Morgan fingerprint density at radius 3 is 1.80 bits per heavy atom. The highest BCUT2D eigenvalue weighted by atomic mass is 16.5. The van der Waals surface area contributed by atoms with Crippen molar-refractivity contribution in [2.24, 2.45) is 11.8 Å². The molecule has 2 atom stereocenters. The third kappa shape index (κ3) is 21.2. The van der Waals surface area contributed by atoms with Crippen LogP contribution in [-0.4, -0.2) is 154 Å². The number of anilines is 1. The molecule has 12 heteroatoms. The van der Waals surface area contributed by atoms with Crippen molar-refractivity contribution >= 4 is 30.4 Å². The number of likely N-dealkylation sites (tertiary alicyclic amines) is 3. The first kappa shape index (κ1) is 51.1. The van der Waals surface area contributed by atoms with Crippen LogP contribution in [0.25, 0.3) is 0 Å². The third-order valence-corrected chi connectivity index (χ3v) is 10.9. The quantitative estimate of drug-likeness (QED) is 0.264. The van der Waals surface area contributed by atoms with Crippen LogP contribution in [0.5, 0.6) is 0 Å². The van der Waals surface area contributed by atoms with E-state index in [-0.39, 0.29) is 36.4 Å². The van der Waals surface area contributed by atoms with Crippen LogP contribution in [0.3, 0.4) is 0 Å². The van der Waals surface area contributed by atoms with Gasteiger partial charge in [-0.2, -0.15) is 0 Å². The largest absolute Gasteiger partial charge is 0.463 e. The minimum atomic E-state index is -0.104. The summed E-state index contributed by atoms with van der Waals surface area (Å²) in [4.78, 5) is 58.4. The lowest BCUT2D eigenvalue weighted by atomic mass is 10.0. The molecule has 0 aliphatic carbocycles. The minimum Gasteiger partial charge on any atom is -0.463 e. The fraction of sp³-hybridized carbons (Fsp3) is 0.660. The summed E-state index contributed by atoms with van der Waals surface area (Å²) in [6.45, 7) is 22.2. The lowest BCUT2D eigenvalue weighted by Gasteiger charge is -2.37. The Kier molecular flexibility index (Phi) is 26.1. The molecule has 6 rings (SSSR count). The summed E-state index contributed by atoms with van der Waals surface area (Å²) in [5, 5.41) is 2.43. The zero-order chi connectivity index (χ0) is 43.4. The molecule has 12 nitrogen and oxygen atoms in total. The van der Waals surface area contributed by atoms with Gasteiger partial charge in [-0.15, -0.1) is 0 Å². The molecule has 4 fully saturated rings. The summed E-state index contributed by atoms with van der Waals surface area (Å²) in [5.41, 5.74) is 2.37. The number of nitrogens with zero attached hydrogens (tertiary/aromatic N) is 6. The summed E-state index contributed by atoms with van der Waals surface area (Å²) < 4.78 is 4.54. The van der Waals surface area contributed by atoms with Crippen molar-refractivity contribution < 1.29 is 23.9 Å². The van der Waals surface area contributed by atoms with Gasteiger partial charge in [0, 0.05) is 64.6 Å². The molecule has 0 unspecified atom stereocenters. The minimum absolute atomic E-state index is 0.0133. The Hall–Kier alpha value is -4.00. The molecular formula is C47H79N7O5. The van der Waals surface area contributed by atoms with Crippen LogP contribution in [0.2, 0.25) is 0 Å². The summed E-state index contributed by atoms with van der Waals surface area (Å²) in [6, 6.07) is 20.2. The SMILES string of the molecule is CC(C)C.CC(C)[C@@H](CN1CCC[C@H]1C(=O)N1CCCC1)N(C)C(=O)CNC=O.CN1CCCCC1.CN1CCN(c2ccccc2)CC1.O=COCc1ccccc1. The fourth-order valence-corrected chi connectivity index (χ4v) is 7.39. The number of piperazine rings is 1. The number of benzene rings is 2. The number of nitrogens with one attached hydrogen (secondary N) is 1. The van der Waals surface area contributed by atoms with Gasteiger partial charge in [-0.25, -0.2) is 0 Å². The molecule has 0 radical (unpaired) electrons. The van der Waals surface area contributed by atoms with Gasteiger partial charge >= 0.3 is 0 Å². The standard InChI is InChI=1S/C18H32N4O3.C11H16N2.C8H8O2.C6H13N.C4H10/c1-14(2)16(20(3)17(24)11-19-13-23)12-22-10-6-7-15(22)18(25)21-8-4-5-9-21;1-12-7-9-13(10-8-12)11-5-3-2-4-6-11;9-7-10-6-8-4-2-1-3-5-8;1-7-5-3-2-4-6-7;1-4(2)3/h13-16H,4-12H2,1-3H3,(H,19,23);2-6H,7-10H2,1H3;1-5,7H,6H2;2-6H2,1H3;4H,1-3H3/t15-,16+;;;;/m0..../s1. The molecule has 4 saturated heterocycles. The molecule has 2 aromatic carbocycles. The zero-order valence-electron chi connectivity index (χ0n) is 37.9. The Balaban J connectivity index is 0.000000292. The zero-order valence-corrected chi connectivity index (χ0v) is 37.9. The van der Waals surface area contributed by atoms with Crippen LogP contribution in [-0.2, 0) is 30.5 Å². The first-order valence-corrected chi connectivity index (χ1v) is 22.1. The van der Waals surface area contributed by atoms with E-state index in [9.17, 15) is 19.2 Å². The maximum absolute atomic E-state index is 12.8. The van der Waals surface area contributed by atoms with Crippen LogP contribution in [0.15, 0.2) is 60.7 Å². The van der Waals surface area contributed by atoms with Crippen molar-refractivity contribution in [1.29, 1.82) is 0 Å². The van der Waals surface area contributed by atoms with Gasteiger partial charge in [-0.05, 0) is 102 Å². The van der Waals surface area contributed by atoms with Crippen LogP contribution in [0, 0.1) is 11.8 Å². The predicted octanol–water partition coefficient (Wildman–Crippen LogP) is 5.86. The highest BCUT2D eigenvalue weighted by molar-refractivity contribution is 5.82. The van der Waals surface area contributed by atoms with Gasteiger partial charge in [0.2, 0.25) is 18.2 Å². The van der Waals surface area contributed by atoms with Crippen LogP contribution < -0.4 is 10.2 Å². The predicted molar refractivity (Wildman–Crippen MR) is 241 cm³/mol. The molecule has 4 aliphatic rings. The average molecular weight is 822 g/mol. The number of hydrogen-bond donors (Lipinski definition) is 1. The molecule has 332 valence electrons. The van der Waals surface area contributed by atoms with Crippen molar-refractivity contribution in [3.05, 3.63) is 66.2 Å². The fourth-order valence-electron chi connectivity index (χ4n) is 7.39. The maximum atomic E-state index is 12.8. The molecule has 0 spiro atoms. The Morgan fingerprint density at radius 2 is 1.29 bits per heavy atom. The van der Waals surface area contributed by atoms with Crippen molar-refractivity contribution in [3.8, 4) is 0 Å². The number of amides is 3. The summed E-state index contributed by atoms with van der Waals surface area (Å²) in [5.74, 6) is 1.26. The van der Waals surface area contributed by atoms with Gasteiger partial charge in [0.25, 0.3) is 6.47 Å². The lowest BCUT2D eigenvalue weighted by molar-refractivity contribution is -0.136. The lowest BCUT2D eigenvalue weighted by Crippen LogP contribution is -2.53. The van der Waals surface area contributed by atoms with E-state index in [0.717, 1.165) is 69.9 Å². The van der Waals surface area contributed by atoms with E-state index >= 15 is 0 Å². The second-order valence-electron chi connectivity index (χ2n) is 17.1. The van der Waals surface area contributed by atoms with Gasteiger partial charge in [-0.3, -0.25) is 24.1 Å². The molecule has 0 aromatic heterocycles. The normalized spacial score (nSPS) is 18.7. The number of rotatable bonds is 12. The van der Waals surface area contributed by atoms with Crippen molar-refractivity contribution in [1.82, 2.24) is 29.8 Å². The number of para-hydroxylation sites is 1. The number of ether oxygens (including phenoxy) is 1. The van der Waals surface area contributed by atoms with Crippen LogP contribution in [0.1, 0.15) is 85.1 Å². The van der Waals surface area contributed by atoms with E-state index in [1.807, 2.05) is 35.2 Å². The van der Waals surface area contributed by atoms with E-state index in [4.69, 9.17) is 0 Å². The van der Waals surface area contributed by atoms with Crippen molar-refractivity contribution in [2.45, 2.75) is 98.3 Å². The van der Waals surface area contributed by atoms with E-state index < -0.39 is 0 Å². The second kappa shape index (κ2) is 30.1. The summed E-state index contributed by atoms with van der Waals surface area (Å²) in [6.07, 6.45) is 8.96. The summed E-state index contributed by atoms with van der Waals surface area (Å²) in [7, 11) is 6.16. The van der Waals surface area contributed by atoms with Gasteiger partial charge < -0.3 is 34.6 Å².